The summed E-state index contributed by atoms with van der Waals surface area (Å²) >= 11 is 0. The van der Waals surface area contributed by atoms with Gasteiger partial charge in [-0.1, -0.05) is 48.0 Å². The Morgan fingerprint density at radius 2 is 1.79 bits per heavy atom. The number of allylic oxidation sites excluding steroid dienone is 1. The molecular weight excluding hydrogens is 672 g/mol. The molecule has 14 nitrogen and oxygen atoms in total. The van der Waals surface area contributed by atoms with E-state index in [1.54, 1.807) is 12.2 Å². The summed E-state index contributed by atoms with van der Waals surface area (Å²) in [6.07, 6.45) is 10.1. The quantitative estimate of drug-likeness (QED) is 0.0867. The number of nitrogens with zero attached hydrogens (tertiary/aromatic N) is 4. The summed E-state index contributed by atoms with van der Waals surface area (Å²) in [5.74, 6) is -2.75. The van der Waals surface area contributed by atoms with Crippen LogP contribution in [0.15, 0.2) is 60.3 Å². The first kappa shape index (κ1) is 38.7. The SMILES string of the molecule is C=CCOc1ccc2c(c1)[C@H]1[C@H](CCCCO)[C@@H](CCCCO)C=C3C(=NOCC)C[C@H](n4nnc(C(=O)OC)c4C(=O)OC)[C@@](OCC=C)(O2)[C@H]31. The monoisotopic (exact) mass is 722 g/mol. The van der Waals surface area contributed by atoms with Gasteiger partial charge in [-0.25, -0.2) is 14.3 Å². The second-order valence-corrected chi connectivity index (χ2v) is 13.0. The predicted octanol–water partition coefficient (Wildman–Crippen LogP) is 4.94. The van der Waals surface area contributed by atoms with E-state index in [1.165, 1.54) is 18.9 Å². The van der Waals surface area contributed by atoms with Gasteiger partial charge in [0.2, 0.25) is 11.5 Å². The molecule has 2 aromatic rings. The largest absolute Gasteiger partial charge is 0.490 e. The van der Waals surface area contributed by atoms with Crippen LogP contribution in [0.5, 0.6) is 11.5 Å². The zero-order valence-electron chi connectivity index (χ0n) is 30.2. The van der Waals surface area contributed by atoms with Crippen molar-refractivity contribution in [3.8, 4) is 11.5 Å². The van der Waals surface area contributed by atoms with E-state index in [-0.39, 0.29) is 55.4 Å². The Morgan fingerprint density at radius 3 is 2.46 bits per heavy atom. The van der Waals surface area contributed by atoms with Crippen molar-refractivity contribution in [2.45, 2.75) is 69.6 Å². The molecule has 52 heavy (non-hydrogen) atoms. The Bertz CT molecular complexity index is 1650. The van der Waals surface area contributed by atoms with Crippen LogP contribution in [0.1, 0.15) is 90.4 Å². The molecule has 2 aliphatic carbocycles. The number of rotatable bonds is 19. The molecule has 6 atom stereocenters. The third-order valence-electron chi connectivity index (χ3n) is 10.1. The highest BCUT2D eigenvalue weighted by atomic mass is 16.7. The van der Waals surface area contributed by atoms with Crippen molar-refractivity contribution in [1.29, 1.82) is 0 Å². The minimum absolute atomic E-state index is 0.0246. The third kappa shape index (κ3) is 7.50. The van der Waals surface area contributed by atoms with E-state index in [4.69, 9.17) is 28.5 Å². The molecule has 0 radical (unpaired) electrons. The molecule has 3 aliphatic rings. The van der Waals surface area contributed by atoms with Gasteiger partial charge in [-0.15, -0.1) is 11.7 Å². The van der Waals surface area contributed by atoms with Gasteiger partial charge >= 0.3 is 11.9 Å². The Hall–Kier alpha value is -4.53. The van der Waals surface area contributed by atoms with Crippen molar-refractivity contribution in [2.75, 3.05) is 47.3 Å². The molecule has 0 unspecified atom stereocenters. The zero-order chi connectivity index (χ0) is 37.3. The van der Waals surface area contributed by atoms with Crippen LogP contribution in [0.3, 0.4) is 0 Å². The number of esters is 2. The molecule has 5 rings (SSSR count). The van der Waals surface area contributed by atoms with E-state index in [0.717, 1.165) is 36.8 Å². The number of oxime groups is 1. The average Bonchev–Trinajstić information content (AvgIpc) is 3.61. The third-order valence-corrected chi connectivity index (χ3v) is 10.1. The van der Waals surface area contributed by atoms with Gasteiger partial charge in [-0.3, -0.25) is 0 Å². The van der Waals surface area contributed by atoms with Gasteiger partial charge in [0.1, 0.15) is 30.8 Å². The van der Waals surface area contributed by atoms with E-state index >= 15 is 0 Å². The van der Waals surface area contributed by atoms with Crippen LogP contribution in [0.2, 0.25) is 0 Å². The number of ether oxygens (including phenoxy) is 5. The topological polar surface area (TPSA) is 173 Å². The van der Waals surface area contributed by atoms with Crippen molar-refractivity contribution in [1.82, 2.24) is 15.0 Å². The van der Waals surface area contributed by atoms with Crippen LogP contribution in [-0.4, -0.2) is 95.9 Å². The molecule has 2 N–H and O–H groups in total. The lowest BCUT2D eigenvalue weighted by Crippen LogP contribution is -2.63. The summed E-state index contributed by atoms with van der Waals surface area (Å²) in [4.78, 5) is 32.1. The molecule has 0 spiro atoms. The van der Waals surface area contributed by atoms with Crippen LogP contribution >= 0.6 is 0 Å². The minimum Gasteiger partial charge on any atom is -0.490 e. The van der Waals surface area contributed by atoms with E-state index in [1.807, 2.05) is 25.1 Å². The van der Waals surface area contributed by atoms with Gasteiger partial charge in [-0.2, -0.15) is 0 Å². The maximum absolute atomic E-state index is 13.4. The highest BCUT2D eigenvalue weighted by Gasteiger charge is 2.65. The predicted molar refractivity (Wildman–Crippen MR) is 190 cm³/mol. The van der Waals surface area contributed by atoms with Crippen LogP contribution in [0.25, 0.3) is 0 Å². The average molecular weight is 723 g/mol. The molecule has 2 heterocycles. The summed E-state index contributed by atoms with van der Waals surface area (Å²) in [7, 11) is 2.40. The maximum atomic E-state index is 13.4. The fourth-order valence-electron chi connectivity index (χ4n) is 8.00. The first-order valence-electron chi connectivity index (χ1n) is 17.9. The zero-order valence-corrected chi connectivity index (χ0v) is 30.2. The summed E-state index contributed by atoms with van der Waals surface area (Å²) in [6.45, 7) is 10.4. The van der Waals surface area contributed by atoms with Gasteiger partial charge in [0.25, 0.3) is 0 Å². The van der Waals surface area contributed by atoms with Crippen molar-refractivity contribution in [2.24, 2.45) is 22.9 Å². The second kappa shape index (κ2) is 17.8. The number of aliphatic hydroxyl groups excluding tert-OH is 2. The fourth-order valence-corrected chi connectivity index (χ4v) is 8.00. The first-order chi connectivity index (χ1) is 25.3. The molecule has 282 valence electrons. The number of fused-ring (bicyclic) bond motifs is 2. The Balaban J connectivity index is 1.84. The number of methoxy groups -OCH3 is 2. The number of unbranched alkanes of at least 4 members (excludes halogenated alkanes) is 2. The molecule has 1 fully saturated rings. The van der Waals surface area contributed by atoms with E-state index in [0.29, 0.717) is 43.3 Å². The van der Waals surface area contributed by atoms with Crippen molar-refractivity contribution < 1.29 is 48.3 Å². The van der Waals surface area contributed by atoms with Gasteiger partial charge in [0, 0.05) is 31.1 Å². The van der Waals surface area contributed by atoms with Crippen molar-refractivity contribution in [3.05, 3.63) is 72.1 Å². The number of benzene rings is 1. The number of carbonyl (C=O) groups excluding carboxylic acids is 2. The molecule has 1 saturated carbocycles. The summed E-state index contributed by atoms with van der Waals surface area (Å²) in [5.41, 5.74) is 1.86. The number of aliphatic hydroxyl groups is 2. The van der Waals surface area contributed by atoms with Crippen LogP contribution in [0.4, 0.5) is 0 Å². The van der Waals surface area contributed by atoms with Crippen molar-refractivity contribution in [3.63, 3.8) is 0 Å². The highest BCUT2D eigenvalue weighted by Crippen LogP contribution is 2.63. The number of hydrogen-bond acceptors (Lipinski definition) is 13. The molecule has 0 saturated heterocycles. The van der Waals surface area contributed by atoms with Crippen molar-refractivity contribution >= 4 is 17.7 Å². The Labute approximate surface area is 304 Å². The maximum Gasteiger partial charge on any atom is 0.361 e. The standard InChI is InChI=1S/C38H50N4O10/c1-6-19-49-25-15-16-30-28(22-25)32-26(14-10-12-18-44)24(13-9-11-17-43)21-27-29(40-51-8-3)23-31(38(52-30,33(27)32)50-20-7-2)42-35(37(46)48-5)34(39-41-42)36(45)47-4/h6-7,15-16,21-22,24,26,31-33,43-44H,1-2,8-14,17-20,23H2,3-5H3/t24-,26+,31-,32+,33+,38+/m0/s1. The summed E-state index contributed by atoms with van der Waals surface area (Å²) in [5, 5.41) is 32.6. The molecular formula is C38H50N4O10. The van der Waals surface area contributed by atoms with Crippen LogP contribution in [0, 0.1) is 17.8 Å². The number of carbonyl (C=O) groups is 2. The normalized spacial score (nSPS) is 25.2. The van der Waals surface area contributed by atoms with Gasteiger partial charge in [0.05, 0.1) is 32.5 Å². The fraction of sp³-hybridized carbons (Fsp3) is 0.553. The molecule has 0 bridgehead atoms. The molecule has 1 aromatic carbocycles. The van der Waals surface area contributed by atoms with Gasteiger partial charge in [-0.05, 0) is 68.2 Å². The summed E-state index contributed by atoms with van der Waals surface area (Å²) < 4.78 is 31.4. The highest BCUT2D eigenvalue weighted by molar-refractivity contribution is 6.03. The molecule has 14 heteroatoms. The Kier molecular flexibility index (Phi) is 13.2. The Morgan fingerprint density at radius 1 is 1.06 bits per heavy atom. The lowest BCUT2D eigenvalue weighted by Gasteiger charge is -2.58. The lowest BCUT2D eigenvalue weighted by atomic mass is 9.55. The van der Waals surface area contributed by atoms with Crippen LogP contribution < -0.4 is 9.47 Å². The van der Waals surface area contributed by atoms with E-state index in [2.05, 4.69) is 34.7 Å². The first-order valence-corrected chi connectivity index (χ1v) is 17.9. The number of aromatic nitrogens is 3. The molecule has 1 aromatic heterocycles. The van der Waals surface area contributed by atoms with Gasteiger partial charge < -0.3 is 38.7 Å². The molecule has 1 aliphatic heterocycles. The molecule has 0 amide bonds. The minimum atomic E-state index is -1.54. The summed E-state index contributed by atoms with van der Waals surface area (Å²) in [6, 6.07) is 4.76. The van der Waals surface area contributed by atoms with E-state index in [9.17, 15) is 19.8 Å². The number of hydrogen-bond donors (Lipinski definition) is 2. The van der Waals surface area contributed by atoms with Gasteiger partial charge in [0.15, 0.2) is 5.69 Å². The lowest BCUT2D eigenvalue weighted by molar-refractivity contribution is -0.252. The van der Waals surface area contributed by atoms with Crippen LogP contribution in [-0.2, 0) is 19.0 Å². The second-order valence-electron chi connectivity index (χ2n) is 13.0. The van der Waals surface area contributed by atoms with E-state index < -0.39 is 29.7 Å². The smallest absolute Gasteiger partial charge is 0.361 e.